The summed E-state index contributed by atoms with van der Waals surface area (Å²) in [5, 5.41) is 9.54. The van der Waals surface area contributed by atoms with Gasteiger partial charge in [-0.25, -0.2) is 4.99 Å². The molecule has 1 amide bonds. The van der Waals surface area contributed by atoms with Gasteiger partial charge >= 0.3 is 0 Å². The molecule has 0 radical (unpaired) electrons. The summed E-state index contributed by atoms with van der Waals surface area (Å²) in [5.41, 5.74) is 3.00. The Kier molecular flexibility index (Phi) is 8.27. The van der Waals surface area contributed by atoms with Crippen molar-refractivity contribution in [3.05, 3.63) is 71.3 Å². The number of hydrogen-bond donors (Lipinski definition) is 3. The Balaban J connectivity index is 1.68. The van der Waals surface area contributed by atoms with Crippen LogP contribution in [0.2, 0.25) is 0 Å². The predicted octanol–water partition coefficient (Wildman–Crippen LogP) is 2.94. The van der Waals surface area contributed by atoms with Gasteiger partial charge in [-0.3, -0.25) is 9.69 Å². The van der Waals surface area contributed by atoms with Gasteiger partial charge in [-0.1, -0.05) is 42.5 Å². The molecule has 1 fully saturated rings. The number of benzene rings is 2. The highest BCUT2D eigenvalue weighted by Crippen LogP contribution is 2.24. The Morgan fingerprint density at radius 3 is 2.53 bits per heavy atom. The maximum Gasteiger partial charge on any atom is 0.251 e. The molecular formula is C24H33N5O. The van der Waals surface area contributed by atoms with Crippen molar-refractivity contribution in [2.24, 2.45) is 4.99 Å². The van der Waals surface area contributed by atoms with E-state index < -0.39 is 0 Å². The summed E-state index contributed by atoms with van der Waals surface area (Å²) in [6, 6.07) is 18.6. The summed E-state index contributed by atoms with van der Waals surface area (Å²) >= 11 is 0. The molecule has 1 heterocycles. The van der Waals surface area contributed by atoms with Crippen molar-refractivity contribution in [3.8, 4) is 0 Å². The lowest BCUT2D eigenvalue weighted by Crippen LogP contribution is -2.42. The van der Waals surface area contributed by atoms with E-state index in [1.165, 1.54) is 18.4 Å². The maximum atomic E-state index is 11.9. The second-order valence-corrected chi connectivity index (χ2v) is 7.53. The molecule has 1 atom stereocenters. The second-order valence-electron chi connectivity index (χ2n) is 7.53. The van der Waals surface area contributed by atoms with Gasteiger partial charge in [0.15, 0.2) is 5.96 Å². The van der Waals surface area contributed by atoms with Crippen LogP contribution in [0.3, 0.4) is 0 Å². The first-order chi connectivity index (χ1) is 14.7. The SMILES string of the molecule is CCNC(=NCc1cccc(C(=O)NC)c1)NCC(c1ccccc1)N1CCCC1. The molecule has 6 heteroatoms. The van der Waals surface area contributed by atoms with E-state index in [0.717, 1.165) is 37.7 Å². The summed E-state index contributed by atoms with van der Waals surface area (Å²) in [7, 11) is 1.64. The summed E-state index contributed by atoms with van der Waals surface area (Å²) < 4.78 is 0. The van der Waals surface area contributed by atoms with Crippen LogP contribution in [0.15, 0.2) is 59.6 Å². The van der Waals surface area contributed by atoms with Gasteiger partial charge in [0.25, 0.3) is 5.91 Å². The van der Waals surface area contributed by atoms with Crippen molar-refractivity contribution < 1.29 is 4.79 Å². The van der Waals surface area contributed by atoms with Crippen molar-refractivity contribution in [2.75, 3.05) is 33.2 Å². The van der Waals surface area contributed by atoms with E-state index in [1.807, 2.05) is 24.3 Å². The number of amides is 1. The Labute approximate surface area is 179 Å². The van der Waals surface area contributed by atoms with Gasteiger partial charge in [0.05, 0.1) is 12.6 Å². The van der Waals surface area contributed by atoms with Crippen LogP contribution >= 0.6 is 0 Å². The molecule has 6 nitrogen and oxygen atoms in total. The van der Waals surface area contributed by atoms with E-state index in [-0.39, 0.29) is 5.91 Å². The number of carbonyl (C=O) groups is 1. The number of guanidine groups is 1. The summed E-state index contributed by atoms with van der Waals surface area (Å²) in [4.78, 5) is 19.2. The highest BCUT2D eigenvalue weighted by atomic mass is 16.1. The maximum absolute atomic E-state index is 11.9. The lowest BCUT2D eigenvalue weighted by Gasteiger charge is -2.29. The van der Waals surface area contributed by atoms with Crippen LogP contribution in [0.1, 0.15) is 47.3 Å². The second kappa shape index (κ2) is 11.4. The topological polar surface area (TPSA) is 68.8 Å². The van der Waals surface area contributed by atoms with Crippen molar-refractivity contribution in [1.29, 1.82) is 0 Å². The van der Waals surface area contributed by atoms with Crippen LogP contribution in [-0.2, 0) is 6.54 Å². The van der Waals surface area contributed by atoms with Gasteiger partial charge in [0, 0.05) is 25.7 Å². The molecule has 3 rings (SSSR count). The van der Waals surface area contributed by atoms with Crippen LogP contribution in [0, 0.1) is 0 Å². The molecule has 30 heavy (non-hydrogen) atoms. The van der Waals surface area contributed by atoms with Gasteiger partial charge in [0.1, 0.15) is 0 Å². The third-order valence-electron chi connectivity index (χ3n) is 5.41. The Bertz CT molecular complexity index is 830. The zero-order chi connectivity index (χ0) is 21.2. The third kappa shape index (κ3) is 6.07. The molecule has 160 valence electrons. The van der Waals surface area contributed by atoms with Crippen molar-refractivity contribution in [2.45, 2.75) is 32.4 Å². The predicted molar refractivity (Wildman–Crippen MR) is 123 cm³/mol. The molecule has 0 aliphatic carbocycles. The van der Waals surface area contributed by atoms with Crippen LogP contribution in [0.5, 0.6) is 0 Å². The van der Waals surface area contributed by atoms with Gasteiger partial charge in [-0.15, -0.1) is 0 Å². The van der Waals surface area contributed by atoms with E-state index in [9.17, 15) is 4.79 Å². The van der Waals surface area contributed by atoms with Crippen LogP contribution in [0.4, 0.5) is 0 Å². The summed E-state index contributed by atoms with van der Waals surface area (Å²) in [5.74, 6) is 0.713. The normalized spacial score (nSPS) is 15.6. The minimum absolute atomic E-state index is 0.0813. The molecule has 2 aromatic carbocycles. The van der Waals surface area contributed by atoms with Crippen LogP contribution in [0.25, 0.3) is 0 Å². The molecule has 0 spiro atoms. The minimum Gasteiger partial charge on any atom is -0.357 e. The van der Waals surface area contributed by atoms with E-state index in [1.54, 1.807) is 7.05 Å². The zero-order valence-corrected chi connectivity index (χ0v) is 18.0. The summed E-state index contributed by atoms with van der Waals surface area (Å²) in [6.07, 6.45) is 2.53. The van der Waals surface area contributed by atoms with E-state index in [2.05, 4.69) is 58.1 Å². The number of nitrogens with zero attached hydrogens (tertiary/aromatic N) is 2. The quantitative estimate of drug-likeness (QED) is 0.465. The molecule has 2 aromatic rings. The van der Waals surface area contributed by atoms with E-state index >= 15 is 0 Å². The Hall–Kier alpha value is -2.86. The fourth-order valence-corrected chi connectivity index (χ4v) is 3.85. The molecule has 1 aliphatic rings. The fraction of sp³-hybridized carbons (Fsp3) is 0.417. The van der Waals surface area contributed by atoms with Crippen molar-refractivity contribution in [3.63, 3.8) is 0 Å². The lowest BCUT2D eigenvalue weighted by atomic mass is 10.1. The Morgan fingerprint density at radius 2 is 1.83 bits per heavy atom. The fourth-order valence-electron chi connectivity index (χ4n) is 3.85. The third-order valence-corrected chi connectivity index (χ3v) is 5.41. The molecule has 0 saturated carbocycles. The van der Waals surface area contributed by atoms with Crippen LogP contribution < -0.4 is 16.0 Å². The highest BCUT2D eigenvalue weighted by molar-refractivity contribution is 5.94. The number of rotatable bonds is 8. The standard InChI is InChI=1S/C24H33N5O/c1-3-26-24(27-17-19-10-9-13-21(16-19)23(30)25-2)28-18-22(29-14-7-8-15-29)20-11-5-4-6-12-20/h4-6,9-13,16,22H,3,7-8,14-15,17-18H2,1-2H3,(H,25,30)(H2,26,27,28). The number of likely N-dealkylation sites (tertiary alicyclic amines) is 1. The molecule has 3 N–H and O–H groups in total. The first-order valence-electron chi connectivity index (χ1n) is 10.8. The number of aliphatic imine (C=N–C) groups is 1. The number of carbonyl (C=O) groups excluding carboxylic acids is 1. The first-order valence-corrected chi connectivity index (χ1v) is 10.8. The van der Waals surface area contributed by atoms with Crippen molar-refractivity contribution in [1.82, 2.24) is 20.9 Å². The monoisotopic (exact) mass is 407 g/mol. The number of nitrogens with one attached hydrogen (secondary N) is 3. The average molecular weight is 408 g/mol. The van der Waals surface area contributed by atoms with Gasteiger partial charge in [-0.05, 0) is 56.1 Å². The molecular weight excluding hydrogens is 374 g/mol. The number of hydrogen-bond acceptors (Lipinski definition) is 3. The van der Waals surface area contributed by atoms with E-state index in [4.69, 9.17) is 4.99 Å². The smallest absolute Gasteiger partial charge is 0.251 e. The van der Waals surface area contributed by atoms with E-state index in [0.29, 0.717) is 18.2 Å². The molecule has 1 unspecified atom stereocenters. The lowest BCUT2D eigenvalue weighted by molar-refractivity contribution is 0.0963. The summed E-state index contributed by atoms with van der Waals surface area (Å²) in [6.45, 7) is 6.46. The minimum atomic E-state index is -0.0813. The Morgan fingerprint density at radius 1 is 1.07 bits per heavy atom. The zero-order valence-electron chi connectivity index (χ0n) is 18.0. The first kappa shape index (κ1) is 21.8. The molecule has 0 bridgehead atoms. The highest BCUT2D eigenvalue weighted by Gasteiger charge is 2.23. The average Bonchev–Trinajstić information content (AvgIpc) is 3.32. The molecule has 1 saturated heterocycles. The molecule has 1 aliphatic heterocycles. The molecule has 0 aromatic heterocycles. The van der Waals surface area contributed by atoms with Gasteiger partial charge < -0.3 is 16.0 Å². The largest absolute Gasteiger partial charge is 0.357 e. The van der Waals surface area contributed by atoms with Gasteiger partial charge in [-0.2, -0.15) is 0 Å². The van der Waals surface area contributed by atoms with Gasteiger partial charge in [0.2, 0.25) is 0 Å². The van der Waals surface area contributed by atoms with Crippen LogP contribution in [-0.4, -0.2) is 50.0 Å². The van der Waals surface area contributed by atoms with Crippen molar-refractivity contribution >= 4 is 11.9 Å².